The van der Waals surface area contributed by atoms with Gasteiger partial charge in [0.1, 0.15) is 6.54 Å². The zero-order valence-corrected chi connectivity index (χ0v) is 10.7. The lowest BCUT2D eigenvalue weighted by molar-refractivity contribution is -0.703. The van der Waals surface area contributed by atoms with E-state index >= 15 is 0 Å². The minimum absolute atomic E-state index is 0.797. The Hall–Kier alpha value is -1.22. The van der Waals surface area contributed by atoms with E-state index in [9.17, 15) is 0 Å². The minimum Gasteiger partial charge on any atom is -0.493 e. The molecule has 2 N–H and O–H groups in total. The van der Waals surface area contributed by atoms with Gasteiger partial charge in [-0.2, -0.15) is 0 Å². The maximum Gasteiger partial charge on any atom is 0.169 e. The molecule has 0 amide bonds. The molecule has 1 saturated carbocycles. The second-order valence-corrected chi connectivity index (χ2v) is 4.64. The fraction of sp³-hybridized carbons (Fsp3) is 0.571. The molecule has 1 aliphatic rings. The smallest absolute Gasteiger partial charge is 0.169 e. The van der Waals surface area contributed by atoms with Crippen molar-refractivity contribution in [2.75, 3.05) is 14.2 Å². The normalized spacial score (nSPS) is 16.1. The molecule has 0 bridgehead atoms. The van der Waals surface area contributed by atoms with E-state index in [4.69, 9.17) is 9.47 Å². The number of benzene rings is 1. The number of quaternary nitrogens is 1. The van der Waals surface area contributed by atoms with Crippen molar-refractivity contribution in [2.24, 2.45) is 0 Å². The molecule has 0 radical (unpaired) electrons. The Kier molecular flexibility index (Phi) is 4.26. The number of nitrogens with two attached hydrogens (primary N) is 1. The number of ether oxygens (including phenoxy) is 2. The maximum absolute atomic E-state index is 5.44. The summed E-state index contributed by atoms with van der Waals surface area (Å²) < 4.78 is 10.7. The first-order valence-electron chi connectivity index (χ1n) is 6.38. The molecule has 0 spiro atoms. The molecule has 0 heterocycles. The molecule has 0 unspecified atom stereocenters. The first kappa shape index (κ1) is 12.2. The van der Waals surface area contributed by atoms with Gasteiger partial charge in [0.25, 0.3) is 0 Å². The van der Waals surface area contributed by atoms with Crippen LogP contribution in [0, 0.1) is 0 Å². The Morgan fingerprint density at radius 1 is 1.18 bits per heavy atom. The molecule has 0 aromatic heterocycles. The Morgan fingerprint density at radius 2 is 1.94 bits per heavy atom. The molecule has 1 fully saturated rings. The molecular formula is C14H22NO2+. The van der Waals surface area contributed by atoms with Crippen molar-refractivity contribution in [3.05, 3.63) is 23.8 Å². The molecule has 3 nitrogen and oxygen atoms in total. The fourth-order valence-electron chi connectivity index (χ4n) is 2.60. The molecule has 0 aliphatic heterocycles. The molecule has 0 atom stereocenters. The molecule has 1 aromatic rings. The first-order chi connectivity index (χ1) is 8.35. The molecule has 1 aromatic carbocycles. The molecule has 0 saturated heterocycles. The van der Waals surface area contributed by atoms with Crippen LogP contribution < -0.4 is 14.8 Å². The van der Waals surface area contributed by atoms with Gasteiger partial charge in [0.2, 0.25) is 0 Å². The van der Waals surface area contributed by atoms with E-state index in [0.29, 0.717) is 0 Å². The van der Waals surface area contributed by atoms with E-state index in [0.717, 1.165) is 24.1 Å². The van der Waals surface area contributed by atoms with Crippen LogP contribution in [0.5, 0.6) is 11.5 Å². The number of hydrogen-bond donors (Lipinski definition) is 1. The van der Waals surface area contributed by atoms with E-state index in [1.807, 2.05) is 12.1 Å². The van der Waals surface area contributed by atoms with Gasteiger partial charge >= 0.3 is 0 Å². The van der Waals surface area contributed by atoms with Crippen LogP contribution in [0.4, 0.5) is 0 Å². The highest BCUT2D eigenvalue weighted by Gasteiger charge is 2.19. The van der Waals surface area contributed by atoms with Crippen LogP contribution in [0.3, 0.4) is 0 Å². The van der Waals surface area contributed by atoms with Crippen molar-refractivity contribution in [3.8, 4) is 11.5 Å². The molecule has 3 heteroatoms. The average Bonchev–Trinajstić information content (AvgIpc) is 2.88. The van der Waals surface area contributed by atoms with Gasteiger partial charge in [-0.3, -0.25) is 0 Å². The largest absolute Gasteiger partial charge is 0.493 e. The van der Waals surface area contributed by atoms with Gasteiger partial charge in [0, 0.05) is 0 Å². The number of rotatable bonds is 5. The third-order valence-corrected chi connectivity index (χ3v) is 3.56. The van der Waals surface area contributed by atoms with Crippen molar-refractivity contribution >= 4 is 0 Å². The summed E-state index contributed by atoms with van der Waals surface area (Å²) in [6, 6.07) is 6.88. The second-order valence-electron chi connectivity index (χ2n) is 4.64. The highest BCUT2D eigenvalue weighted by molar-refractivity contribution is 5.46. The van der Waals surface area contributed by atoms with Gasteiger partial charge in [-0.05, 0) is 37.8 Å². The van der Waals surface area contributed by atoms with Crippen LogP contribution >= 0.6 is 0 Å². The first-order valence-corrected chi connectivity index (χ1v) is 6.38. The maximum atomic E-state index is 5.44. The second kappa shape index (κ2) is 5.92. The van der Waals surface area contributed by atoms with Gasteiger partial charge < -0.3 is 14.8 Å². The highest BCUT2D eigenvalue weighted by atomic mass is 16.5. The summed E-state index contributed by atoms with van der Waals surface area (Å²) in [4.78, 5) is 0. The number of hydrogen-bond acceptors (Lipinski definition) is 2. The van der Waals surface area contributed by atoms with Crippen LogP contribution in [0.1, 0.15) is 31.2 Å². The van der Waals surface area contributed by atoms with Gasteiger partial charge in [-0.1, -0.05) is 6.07 Å². The monoisotopic (exact) mass is 236 g/mol. The lowest BCUT2D eigenvalue weighted by Crippen LogP contribution is -2.87. The molecule has 1 aliphatic carbocycles. The summed E-state index contributed by atoms with van der Waals surface area (Å²) in [5, 5.41) is 2.43. The molecule has 94 valence electrons. The molecular weight excluding hydrogens is 214 g/mol. The predicted molar refractivity (Wildman–Crippen MR) is 67.4 cm³/mol. The summed E-state index contributed by atoms with van der Waals surface area (Å²) in [7, 11) is 3.39. The van der Waals surface area contributed by atoms with Crippen molar-refractivity contribution in [1.29, 1.82) is 0 Å². The zero-order chi connectivity index (χ0) is 12.1. The van der Waals surface area contributed by atoms with Gasteiger partial charge in [0.15, 0.2) is 11.5 Å². The van der Waals surface area contributed by atoms with Crippen molar-refractivity contribution in [2.45, 2.75) is 38.3 Å². The summed E-state index contributed by atoms with van der Waals surface area (Å²) in [5.41, 5.74) is 1.22. The standard InChI is InChI=1S/C14H21NO2/c1-16-13-9-5-6-11(14(13)17-2)10-15-12-7-3-4-8-12/h5-6,9,12,15H,3-4,7-8,10H2,1-2H3/p+1. The molecule has 17 heavy (non-hydrogen) atoms. The lowest BCUT2D eigenvalue weighted by atomic mass is 10.1. The van der Waals surface area contributed by atoms with Crippen molar-refractivity contribution in [1.82, 2.24) is 0 Å². The topological polar surface area (TPSA) is 35.1 Å². The Bertz CT molecular complexity index is 359. The van der Waals surface area contributed by atoms with Crippen LogP contribution in [0.2, 0.25) is 0 Å². The third-order valence-electron chi connectivity index (χ3n) is 3.56. The van der Waals surface area contributed by atoms with E-state index in [1.165, 1.54) is 31.2 Å². The van der Waals surface area contributed by atoms with E-state index in [1.54, 1.807) is 14.2 Å². The van der Waals surface area contributed by atoms with Crippen LogP contribution in [0.15, 0.2) is 18.2 Å². The SMILES string of the molecule is COc1cccc(C[NH2+]C2CCCC2)c1OC. The van der Waals surface area contributed by atoms with Crippen molar-refractivity contribution in [3.63, 3.8) is 0 Å². The lowest BCUT2D eigenvalue weighted by Gasteiger charge is -2.13. The number of methoxy groups -OCH3 is 2. The van der Waals surface area contributed by atoms with Crippen LogP contribution in [-0.2, 0) is 6.54 Å². The van der Waals surface area contributed by atoms with Gasteiger partial charge in [-0.25, -0.2) is 0 Å². The average molecular weight is 236 g/mol. The number of para-hydroxylation sites is 1. The quantitative estimate of drug-likeness (QED) is 0.844. The fourth-order valence-corrected chi connectivity index (χ4v) is 2.60. The Balaban J connectivity index is 2.03. The minimum atomic E-state index is 0.797. The third kappa shape index (κ3) is 2.91. The summed E-state index contributed by atoms with van der Waals surface area (Å²) >= 11 is 0. The molecule has 2 rings (SSSR count). The Labute approximate surface area is 103 Å². The summed E-state index contributed by atoms with van der Waals surface area (Å²) in [5.74, 6) is 1.70. The Morgan fingerprint density at radius 3 is 2.59 bits per heavy atom. The van der Waals surface area contributed by atoms with E-state index < -0.39 is 0 Å². The zero-order valence-electron chi connectivity index (χ0n) is 10.7. The highest BCUT2D eigenvalue weighted by Crippen LogP contribution is 2.30. The predicted octanol–water partition coefficient (Wildman–Crippen LogP) is 1.71. The van der Waals surface area contributed by atoms with Gasteiger partial charge in [-0.15, -0.1) is 0 Å². The van der Waals surface area contributed by atoms with Gasteiger partial charge in [0.05, 0.1) is 25.8 Å². The van der Waals surface area contributed by atoms with E-state index in [2.05, 4.69) is 11.4 Å². The van der Waals surface area contributed by atoms with Crippen LogP contribution in [-0.4, -0.2) is 20.3 Å². The van der Waals surface area contributed by atoms with Crippen molar-refractivity contribution < 1.29 is 14.8 Å². The van der Waals surface area contributed by atoms with Crippen LogP contribution in [0.25, 0.3) is 0 Å². The summed E-state index contributed by atoms with van der Waals surface area (Å²) in [6.07, 6.45) is 5.48. The summed E-state index contributed by atoms with van der Waals surface area (Å²) in [6.45, 7) is 0.977. The van der Waals surface area contributed by atoms with E-state index in [-0.39, 0.29) is 0 Å².